The minimum atomic E-state index is -4.44. The molecule has 0 heterocycles. The maximum atomic E-state index is 12.7. The Morgan fingerprint density at radius 3 is 2.60 bits per heavy atom. The van der Waals surface area contributed by atoms with Crippen LogP contribution in [0.3, 0.4) is 0 Å². The Bertz CT molecular complexity index is 461. The number of alkyl halides is 3. The number of hydrogen-bond donors (Lipinski definition) is 2. The Kier molecular flexibility index (Phi) is 5.82. The Hall–Kier alpha value is -1.76. The third kappa shape index (κ3) is 5.48. The second-order valence-corrected chi connectivity index (χ2v) is 4.24. The lowest BCUT2D eigenvalue weighted by molar-refractivity contribution is -0.138. The van der Waals surface area contributed by atoms with Crippen molar-refractivity contribution in [2.24, 2.45) is 0 Å². The van der Waals surface area contributed by atoms with Crippen molar-refractivity contribution >= 4 is 5.97 Å². The van der Waals surface area contributed by atoms with Crippen molar-refractivity contribution < 1.29 is 27.8 Å². The number of ether oxygens (including phenoxy) is 1. The van der Waals surface area contributed by atoms with Crippen molar-refractivity contribution in [3.8, 4) is 5.75 Å². The molecule has 0 radical (unpaired) electrons. The van der Waals surface area contributed by atoms with Gasteiger partial charge in [-0.05, 0) is 37.2 Å². The third-order valence-electron chi connectivity index (χ3n) is 2.48. The zero-order chi connectivity index (χ0) is 15.2. The smallest absolute Gasteiger partial charge is 0.416 e. The normalized spacial score (nSPS) is 11.4. The number of carboxylic acid groups (broad SMARTS) is 1. The fourth-order valence-electron chi connectivity index (χ4n) is 1.63. The number of carbonyl (C=O) groups is 1. The highest BCUT2D eigenvalue weighted by Crippen LogP contribution is 2.32. The summed E-state index contributed by atoms with van der Waals surface area (Å²) in [7, 11) is 1.63. The van der Waals surface area contributed by atoms with Crippen LogP contribution in [0.25, 0.3) is 0 Å². The lowest BCUT2D eigenvalue weighted by atomic mass is 10.1. The van der Waals surface area contributed by atoms with E-state index in [4.69, 9.17) is 9.84 Å². The van der Waals surface area contributed by atoms with Gasteiger partial charge in [0.1, 0.15) is 5.75 Å². The molecule has 0 bridgehead atoms. The molecule has 4 nitrogen and oxygen atoms in total. The van der Waals surface area contributed by atoms with E-state index < -0.39 is 17.7 Å². The molecule has 7 heteroatoms. The van der Waals surface area contributed by atoms with Gasteiger partial charge in [0.25, 0.3) is 0 Å². The molecule has 0 aliphatic carbocycles. The fourth-order valence-corrected chi connectivity index (χ4v) is 1.63. The van der Waals surface area contributed by atoms with Crippen LogP contribution in [0.15, 0.2) is 18.2 Å². The van der Waals surface area contributed by atoms with Crippen LogP contribution in [0.1, 0.15) is 24.0 Å². The molecule has 1 rings (SSSR count). The maximum absolute atomic E-state index is 12.7. The number of hydrogen-bond acceptors (Lipinski definition) is 3. The summed E-state index contributed by atoms with van der Waals surface area (Å²) >= 11 is 0. The van der Waals surface area contributed by atoms with E-state index in [0.717, 1.165) is 12.1 Å². The number of halogens is 3. The van der Waals surface area contributed by atoms with Crippen LogP contribution in [0.5, 0.6) is 5.75 Å². The molecule has 0 aliphatic rings. The van der Waals surface area contributed by atoms with Gasteiger partial charge in [0.05, 0.1) is 12.2 Å². The molecule has 0 unspecified atom stereocenters. The van der Waals surface area contributed by atoms with Gasteiger partial charge in [-0.15, -0.1) is 0 Å². The molecular formula is C13H16F3NO3. The van der Waals surface area contributed by atoms with Gasteiger partial charge in [0.2, 0.25) is 0 Å². The first-order valence-electron chi connectivity index (χ1n) is 6.03. The monoisotopic (exact) mass is 291 g/mol. The largest absolute Gasteiger partial charge is 0.494 e. The summed E-state index contributed by atoms with van der Waals surface area (Å²) in [5, 5.41) is 11.2. The predicted octanol–water partition coefficient (Wildman–Crippen LogP) is 2.67. The highest BCUT2D eigenvalue weighted by molar-refractivity contribution is 5.66. The average Bonchev–Trinajstić information content (AvgIpc) is 2.33. The Balaban J connectivity index is 2.78. The van der Waals surface area contributed by atoms with Crippen LogP contribution in [0, 0.1) is 0 Å². The van der Waals surface area contributed by atoms with Crippen molar-refractivity contribution in [1.82, 2.24) is 5.32 Å². The summed E-state index contributed by atoms with van der Waals surface area (Å²) in [5.41, 5.74) is -0.325. The summed E-state index contributed by atoms with van der Waals surface area (Å²) in [6.45, 7) is 0.349. The molecule has 0 spiro atoms. The van der Waals surface area contributed by atoms with Crippen molar-refractivity contribution in [3.05, 3.63) is 29.3 Å². The van der Waals surface area contributed by atoms with Gasteiger partial charge >= 0.3 is 12.1 Å². The number of rotatable bonds is 7. The van der Waals surface area contributed by atoms with Gasteiger partial charge in [-0.2, -0.15) is 13.2 Å². The van der Waals surface area contributed by atoms with E-state index >= 15 is 0 Å². The molecule has 0 saturated carbocycles. The van der Waals surface area contributed by atoms with Crippen molar-refractivity contribution in [3.63, 3.8) is 0 Å². The van der Waals surface area contributed by atoms with Crippen LogP contribution < -0.4 is 10.1 Å². The molecule has 2 N–H and O–H groups in total. The summed E-state index contributed by atoms with van der Waals surface area (Å²) in [5.74, 6) is -0.871. The third-order valence-corrected chi connectivity index (χ3v) is 2.48. The van der Waals surface area contributed by atoms with E-state index in [1.54, 1.807) is 7.05 Å². The van der Waals surface area contributed by atoms with Crippen LogP contribution >= 0.6 is 0 Å². The molecule has 0 amide bonds. The summed E-state index contributed by atoms with van der Waals surface area (Å²) in [6.07, 6.45) is -4.28. The fraction of sp³-hybridized carbons (Fsp3) is 0.462. The maximum Gasteiger partial charge on any atom is 0.416 e. The zero-order valence-corrected chi connectivity index (χ0v) is 11.0. The van der Waals surface area contributed by atoms with E-state index in [-0.39, 0.29) is 31.7 Å². The van der Waals surface area contributed by atoms with E-state index in [1.165, 1.54) is 6.07 Å². The molecule has 1 aromatic carbocycles. The highest BCUT2D eigenvalue weighted by atomic mass is 19.4. The van der Waals surface area contributed by atoms with Gasteiger partial charge in [-0.25, -0.2) is 0 Å². The van der Waals surface area contributed by atoms with E-state index in [1.807, 2.05) is 0 Å². The predicted molar refractivity (Wildman–Crippen MR) is 66.6 cm³/mol. The minimum absolute atomic E-state index is 0.0621. The van der Waals surface area contributed by atoms with Crippen LogP contribution in [0.2, 0.25) is 0 Å². The van der Waals surface area contributed by atoms with Gasteiger partial charge in [0, 0.05) is 13.0 Å². The number of nitrogens with one attached hydrogen (secondary N) is 1. The topological polar surface area (TPSA) is 58.6 Å². The van der Waals surface area contributed by atoms with E-state index in [2.05, 4.69) is 5.32 Å². The van der Waals surface area contributed by atoms with Crippen LogP contribution in [-0.2, 0) is 17.5 Å². The molecule has 0 atom stereocenters. The Labute approximate surface area is 114 Å². The zero-order valence-electron chi connectivity index (χ0n) is 11.0. The standard InChI is InChI=1S/C13H16F3NO3/c1-17-8-9-5-10(13(14,15)16)7-11(6-9)20-4-2-3-12(18)19/h5-7,17H,2-4,8H2,1H3,(H,18,19). The van der Waals surface area contributed by atoms with Gasteiger partial charge in [-0.1, -0.05) is 0 Å². The lowest BCUT2D eigenvalue weighted by Gasteiger charge is -2.13. The van der Waals surface area contributed by atoms with Crippen molar-refractivity contribution in [1.29, 1.82) is 0 Å². The summed E-state index contributed by atoms with van der Waals surface area (Å²) in [6, 6.07) is 3.48. The van der Waals surface area contributed by atoms with E-state index in [9.17, 15) is 18.0 Å². The van der Waals surface area contributed by atoms with Crippen molar-refractivity contribution in [2.75, 3.05) is 13.7 Å². The number of aliphatic carboxylic acids is 1. The van der Waals surface area contributed by atoms with Gasteiger partial charge in [0.15, 0.2) is 0 Å². The molecule has 1 aromatic rings. The summed E-state index contributed by atoms with van der Waals surface area (Å²) < 4.78 is 43.4. The van der Waals surface area contributed by atoms with Gasteiger partial charge < -0.3 is 15.2 Å². The number of carboxylic acids is 1. The first-order valence-corrected chi connectivity index (χ1v) is 6.03. The van der Waals surface area contributed by atoms with E-state index in [0.29, 0.717) is 5.56 Å². The second kappa shape index (κ2) is 7.14. The highest BCUT2D eigenvalue weighted by Gasteiger charge is 2.31. The van der Waals surface area contributed by atoms with Crippen LogP contribution in [-0.4, -0.2) is 24.7 Å². The molecule has 112 valence electrons. The average molecular weight is 291 g/mol. The Morgan fingerprint density at radius 2 is 2.05 bits per heavy atom. The summed E-state index contributed by atoms with van der Waals surface area (Å²) in [4.78, 5) is 10.3. The molecule has 0 saturated heterocycles. The van der Waals surface area contributed by atoms with Crippen molar-refractivity contribution in [2.45, 2.75) is 25.6 Å². The minimum Gasteiger partial charge on any atom is -0.494 e. The molecule has 20 heavy (non-hydrogen) atoms. The molecular weight excluding hydrogens is 275 g/mol. The molecule has 0 aliphatic heterocycles. The first kappa shape index (κ1) is 16.3. The van der Waals surface area contributed by atoms with Crippen LogP contribution in [0.4, 0.5) is 13.2 Å². The van der Waals surface area contributed by atoms with Gasteiger partial charge in [-0.3, -0.25) is 4.79 Å². The quantitative estimate of drug-likeness (QED) is 0.758. The first-order chi connectivity index (χ1) is 9.32. The lowest BCUT2D eigenvalue weighted by Crippen LogP contribution is -2.10. The molecule has 0 aromatic heterocycles. The SMILES string of the molecule is CNCc1cc(OCCCC(=O)O)cc(C(F)(F)F)c1. The number of benzene rings is 1. The Morgan fingerprint density at radius 1 is 1.35 bits per heavy atom. The second-order valence-electron chi connectivity index (χ2n) is 4.24. The molecule has 0 fully saturated rings.